The minimum Gasteiger partial charge on any atom is -0.495 e. The molecule has 3 aromatic carbocycles. The van der Waals surface area contributed by atoms with Gasteiger partial charge in [-0.05, 0) is 73.0 Å². The SMILES string of the molecule is COc1cc(C(C)(C)c2cnc(SCc3c(F)cc(SN(CCC[N+](C)(C)C)C(C)CC(=O)O)cc3Cl)n2-c2ccc(F)cc2)ccc1Cl. The van der Waals surface area contributed by atoms with Gasteiger partial charge in [0.25, 0.3) is 0 Å². The monoisotopic (exact) mass is 751 g/mol. The molecule has 0 aliphatic heterocycles. The third kappa shape index (κ3) is 10.1. The summed E-state index contributed by atoms with van der Waals surface area (Å²) >= 11 is 15.7. The molecule has 0 fully saturated rings. The molecule has 1 aromatic heterocycles. The number of rotatable bonds is 16. The number of carboxylic acids is 1. The second kappa shape index (κ2) is 16.5. The van der Waals surface area contributed by atoms with Crippen LogP contribution >= 0.6 is 46.9 Å². The molecule has 0 aliphatic carbocycles. The molecule has 13 heteroatoms. The zero-order valence-electron chi connectivity index (χ0n) is 28.8. The van der Waals surface area contributed by atoms with Gasteiger partial charge in [-0.25, -0.2) is 18.1 Å². The first-order valence-corrected chi connectivity index (χ1v) is 18.3. The van der Waals surface area contributed by atoms with E-state index in [0.717, 1.165) is 28.7 Å². The minimum atomic E-state index is -0.889. The Balaban J connectivity index is 1.62. The number of hydrogen-bond donors (Lipinski definition) is 1. The first-order chi connectivity index (χ1) is 23.0. The van der Waals surface area contributed by atoms with Gasteiger partial charge in [0, 0.05) is 51.3 Å². The van der Waals surface area contributed by atoms with Crippen LogP contribution < -0.4 is 4.74 Å². The molecule has 1 heterocycles. The Morgan fingerprint density at radius 3 is 2.39 bits per heavy atom. The summed E-state index contributed by atoms with van der Waals surface area (Å²) in [7, 11) is 7.88. The van der Waals surface area contributed by atoms with E-state index in [1.165, 1.54) is 41.9 Å². The summed E-state index contributed by atoms with van der Waals surface area (Å²) in [5, 5.41) is 10.8. The number of aliphatic carboxylic acids is 1. The smallest absolute Gasteiger partial charge is 0.304 e. The highest BCUT2D eigenvalue weighted by Crippen LogP contribution is 2.40. The Kier molecular flexibility index (Phi) is 13.1. The molecular weight excluding hydrogens is 709 g/mol. The van der Waals surface area contributed by atoms with Crippen LogP contribution in [-0.4, -0.2) is 76.8 Å². The number of hydrogen-bond acceptors (Lipinski definition) is 6. The van der Waals surface area contributed by atoms with Crippen molar-refractivity contribution < 1.29 is 27.9 Å². The van der Waals surface area contributed by atoms with Gasteiger partial charge < -0.3 is 14.3 Å². The number of carbonyl (C=O) groups is 1. The Hall–Kier alpha value is -2.80. The number of imidazole rings is 1. The van der Waals surface area contributed by atoms with E-state index in [9.17, 15) is 14.3 Å². The second-order valence-electron chi connectivity index (χ2n) is 13.4. The molecule has 49 heavy (non-hydrogen) atoms. The molecule has 0 aliphatic rings. The highest BCUT2D eigenvalue weighted by atomic mass is 35.5. The normalized spacial score (nSPS) is 12.8. The molecule has 264 valence electrons. The molecule has 4 aromatic rings. The number of nitrogens with zero attached hydrogens (tertiary/aromatic N) is 4. The summed E-state index contributed by atoms with van der Waals surface area (Å²) in [5.41, 5.74) is 2.19. The van der Waals surface area contributed by atoms with Crippen LogP contribution in [0.15, 0.2) is 70.8 Å². The largest absolute Gasteiger partial charge is 0.495 e. The third-order valence-electron chi connectivity index (χ3n) is 8.18. The van der Waals surface area contributed by atoms with Gasteiger partial charge in [0.15, 0.2) is 5.16 Å². The molecule has 0 radical (unpaired) electrons. The maximum absolute atomic E-state index is 15.8. The molecule has 1 unspecified atom stereocenters. The fourth-order valence-corrected chi connectivity index (χ4v) is 8.08. The van der Waals surface area contributed by atoms with E-state index in [1.54, 1.807) is 37.6 Å². The van der Waals surface area contributed by atoms with E-state index in [1.807, 2.05) is 27.9 Å². The third-order valence-corrected chi connectivity index (χ3v) is 11.0. The lowest BCUT2D eigenvalue weighted by molar-refractivity contribution is -0.870. The van der Waals surface area contributed by atoms with Gasteiger partial charge in [-0.2, -0.15) is 0 Å². The average molecular weight is 753 g/mol. The first kappa shape index (κ1) is 39.0. The van der Waals surface area contributed by atoms with Crippen molar-refractivity contribution in [2.24, 2.45) is 0 Å². The summed E-state index contributed by atoms with van der Waals surface area (Å²) < 4.78 is 39.9. The van der Waals surface area contributed by atoms with Crippen molar-refractivity contribution in [3.8, 4) is 11.4 Å². The van der Waals surface area contributed by atoms with E-state index in [2.05, 4.69) is 35.0 Å². The molecule has 7 nitrogen and oxygen atoms in total. The molecule has 0 amide bonds. The number of thioether (sulfide) groups is 1. The lowest BCUT2D eigenvalue weighted by atomic mass is 9.81. The minimum absolute atomic E-state index is 0.0344. The number of carboxylic acid groups (broad SMARTS) is 1. The molecule has 1 atom stereocenters. The Bertz CT molecular complexity index is 1740. The van der Waals surface area contributed by atoms with Crippen molar-refractivity contribution in [1.29, 1.82) is 0 Å². The fraction of sp³-hybridized carbons (Fsp3) is 0.389. The van der Waals surface area contributed by atoms with E-state index in [0.29, 0.717) is 38.6 Å². The maximum Gasteiger partial charge on any atom is 0.304 e. The lowest BCUT2D eigenvalue weighted by Crippen LogP contribution is -2.38. The first-order valence-electron chi connectivity index (χ1n) is 15.8. The number of ether oxygens (including phenoxy) is 1. The summed E-state index contributed by atoms with van der Waals surface area (Å²) in [6.07, 6.45) is 2.58. The molecule has 0 saturated heterocycles. The summed E-state index contributed by atoms with van der Waals surface area (Å²) in [6, 6.07) is 14.6. The van der Waals surface area contributed by atoms with Gasteiger partial charge >= 0.3 is 5.97 Å². The molecule has 4 rings (SSSR count). The van der Waals surface area contributed by atoms with Crippen molar-refractivity contribution in [2.75, 3.05) is 41.3 Å². The van der Waals surface area contributed by atoms with Gasteiger partial charge in [-0.15, -0.1) is 0 Å². The van der Waals surface area contributed by atoms with Crippen molar-refractivity contribution in [3.05, 3.63) is 99.3 Å². The highest BCUT2D eigenvalue weighted by Gasteiger charge is 2.31. The van der Waals surface area contributed by atoms with Crippen molar-refractivity contribution in [2.45, 2.75) is 60.9 Å². The molecule has 0 saturated carbocycles. The van der Waals surface area contributed by atoms with Gasteiger partial charge in [-0.3, -0.25) is 9.36 Å². The Labute approximate surface area is 306 Å². The van der Waals surface area contributed by atoms with Gasteiger partial charge in [0.2, 0.25) is 0 Å². The van der Waals surface area contributed by atoms with Crippen LogP contribution in [0.5, 0.6) is 5.75 Å². The van der Waals surface area contributed by atoms with Crippen molar-refractivity contribution in [1.82, 2.24) is 13.9 Å². The fourth-order valence-electron chi connectivity index (χ4n) is 5.37. The van der Waals surface area contributed by atoms with Gasteiger partial charge in [-0.1, -0.05) is 54.9 Å². The van der Waals surface area contributed by atoms with Crippen molar-refractivity contribution >= 4 is 52.9 Å². The predicted molar refractivity (Wildman–Crippen MR) is 196 cm³/mol. The van der Waals surface area contributed by atoms with Crippen LogP contribution in [0.25, 0.3) is 5.69 Å². The zero-order valence-corrected chi connectivity index (χ0v) is 31.9. The number of benzene rings is 3. The second-order valence-corrected chi connectivity index (χ2v) is 16.3. The standard InChI is InChI=1S/C36H42Cl2F2N4O3S2/c1-23(17-34(45)46)42(15-8-16-44(4,5)6)49-27-19-30(38)28(31(40)20-27)22-48-35-41-21-33(43(35)26-12-10-25(39)11-13-26)36(2,3)24-9-14-29(37)32(18-24)47-7/h9-14,18-21,23H,8,15-17,22H2,1-7H3/p+1. The van der Waals surface area contributed by atoms with Gasteiger partial charge in [0.1, 0.15) is 17.4 Å². The number of quaternary nitrogens is 1. The van der Waals surface area contributed by atoms with Crippen LogP contribution in [0.4, 0.5) is 8.78 Å². The van der Waals surface area contributed by atoms with E-state index in [4.69, 9.17) is 32.9 Å². The number of halogens is 4. The van der Waals surface area contributed by atoms with Crippen LogP contribution in [0.2, 0.25) is 10.0 Å². The zero-order chi connectivity index (χ0) is 36.1. The van der Waals surface area contributed by atoms with Crippen molar-refractivity contribution in [3.63, 3.8) is 0 Å². The summed E-state index contributed by atoms with van der Waals surface area (Å²) in [5.74, 6) is -0.985. The highest BCUT2D eigenvalue weighted by molar-refractivity contribution is 7.98. The van der Waals surface area contributed by atoms with Crippen LogP contribution in [0, 0.1) is 11.6 Å². The van der Waals surface area contributed by atoms with Crippen LogP contribution in [-0.2, 0) is 16.0 Å². The topological polar surface area (TPSA) is 67.6 Å². The van der Waals surface area contributed by atoms with Gasteiger partial charge in [0.05, 0.1) is 58.1 Å². The summed E-state index contributed by atoms with van der Waals surface area (Å²) in [6.45, 7) is 7.51. The molecule has 1 N–H and O–H groups in total. The quantitative estimate of drug-likeness (QED) is 0.0696. The van der Waals surface area contributed by atoms with Crippen LogP contribution in [0.3, 0.4) is 0 Å². The average Bonchev–Trinajstić information content (AvgIpc) is 3.44. The van der Waals surface area contributed by atoms with E-state index >= 15 is 4.39 Å². The Morgan fingerprint density at radius 1 is 1.08 bits per heavy atom. The Morgan fingerprint density at radius 2 is 1.78 bits per heavy atom. The maximum atomic E-state index is 15.8. The molecular formula is C36H43Cl2F2N4O3S2+. The summed E-state index contributed by atoms with van der Waals surface area (Å²) in [4.78, 5) is 16.8. The van der Waals surface area contributed by atoms with E-state index in [-0.39, 0.29) is 29.1 Å². The van der Waals surface area contributed by atoms with E-state index < -0.39 is 17.2 Å². The molecule has 0 spiro atoms. The molecule has 0 bridgehead atoms. The number of aromatic nitrogens is 2. The lowest BCUT2D eigenvalue weighted by Gasteiger charge is -2.29. The predicted octanol–water partition coefficient (Wildman–Crippen LogP) is 9.35. The van der Waals surface area contributed by atoms with Crippen LogP contribution in [0.1, 0.15) is 50.4 Å². The number of methoxy groups -OCH3 is 1.